The van der Waals surface area contributed by atoms with E-state index in [1.54, 1.807) is 18.3 Å². The average molecular weight is 283 g/mol. The van der Waals surface area contributed by atoms with Crippen molar-refractivity contribution in [1.82, 2.24) is 10.3 Å². The molecule has 4 heteroatoms. The van der Waals surface area contributed by atoms with Crippen LogP contribution in [0.15, 0.2) is 22.9 Å². The Labute approximate surface area is 104 Å². The summed E-state index contributed by atoms with van der Waals surface area (Å²) in [5, 5.41) is 3.06. The Kier molecular flexibility index (Phi) is 3.02. The molecule has 0 radical (unpaired) electrons. The summed E-state index contributed by atoms with van der Waals surface area (Å²) in [5.41, 5.74) is 0.501. The number of carbonyl (C=O) groups excluding carboxylic acids is 1. The monoisotopic (exact) mass is 282 g/mol. The van der Waals surface area contributed by atoms with E-state index in [0.717, 1.165) is 4.60 Å². The van der Waals surface area contributed by atoms with Gasteiger partial charge in [-0.1, -0.05) is 0 Å². The third-order valence-electron chi connectivity index (χ3n) is 3.02. The van der Waals surface area contributed by atoms with E-state index < -0.39 is 0 Å². The molecule has 1 N–H and O–H groups in total. The zero-order chi connectivity index (χ0) is 11.8. The van der Waals surface area contributed by atoms with Crippen LogP contribution < -0.4 is 5.32 Å². The molecule has 0 aromatic carbocycles. The zero-order valence-corrected chi connectivity index (χ0v) is 11.0. The molecule has 0 saturated heterocycles. The molecule has 0 spiro atoms. The van der Waals surface area contributed by atoms with E-state index >= 15 is 0 Å². The first-order valence-corrected chi connectivity index (χ1v) is 6.22. The molecule has 1 aromatic rings. The number of nitrogens with zero attached hydrogens (tertiary/aromatic N) is 1. The predicted octanol–water partition coefficient (Wildman–Crippen LogP) is 2.76. The van der Waals surface area contributed by atoms with Crippen LogP contribution in [0.1, 0.15) is 37.0 Å². The summed E-state index contributed by atoms with van der Waals surface area (Å²) in [5.74, 6) is 0.580. The van der Waals surface area contributed by atoms with Gasteiger partial charge in [-0.05, 0) is 60.7 Å². The van der Waals surface area contributed by atoms with E-state index in [2.05, 4.69) is 40.1 Å². The van der Waals surface area contributed by atoms with Gasteiger partial charge in [-0.15, -0.1) is 0 Å². The van der Waals surface area contributed by atoms with Gasteiger partial charge in [-0.3, -0.25) is 4.79 Å². The Morgan fingerprint density at radius 2 is 2.19 bits per heavy atom. The number of rotatable bonds is 3. The van der Waals surface area contributed by atoms with Crippen LogP contribution in [0.3, 0.4) is 0 Å². The summed E-state index contributed by atoms with van der Waals surface area (Å²) in [7, 11) is 0. The normalized spacial score (nSPS) is 15.9. The fourth-order valence-corrected chi connectivity index (χ4v) is 2.02. The van der Waals surface area contributed by atoms with Crippen molar-refractivity contribution in [3.63, 3.8) is 0 Å². The van der Waals surface area contributed by atoms with Crippen molar-refractivity contribution in [1.29, 1.82) is 0 Å². The van der Waals surface area contributed by atoms with Crippen LogP contribution in [-0.4, -0.2) is 16.4 Å². The molecule has 0 bridgehead atoms. The smallest absolute Gasteiger partial charge is 0.253 e. The molecule has 3 nitrogen and oxygen atoms in total. The summed E-state index contributed by atoms with van der Waals surface area (Å²) in [6, 6.07) is 3.55. The Balaban J connectivity index is 2.05. The molecule has 0 unspecified atom stereocenters. The first-order valence-electron chi connectivity index (χ1n) is 5.43. The lowest BCUT2D eigenvalue weighted by atomic mass is 9.98. The number of nitrogens with one attached hydrogen (secondary N) is 1. The lowest BCUT2D eigenvalue weighted by Crippen LogP contribution is -2.45. The minimum absolute atomic E-state index is 0.0445. The van der Waals surface area contributed by atoms with Crippen LogP contribution in [0.2, 0.25) is 0 Å². The number of amides is 1. The maximum absolute atomic E-state index is 11.9. The SMILES string of the molecule is CC(C)(NC(=O)c1ccc(Br)nc1)C1CC1. The Hall–Kier alpha value is -0.900. The second-order valence-electron chi connectivity index (χ2n) is 4.82. The number of aromatic nitrogens is 1. The quantitative estimate of drug-likeness (QED) is 0.867. The molecule has 1 aliphatic carbocycles. The maximum atomic E-state index is 11.9. The fourth-order valence-electron chi connectivity index (χ4n) is 1.78. The van der Waals surface area contributed by atoms with Crippen LogP contribution in [0.4, 0.5) is 0 Å². The molecule has 1 aliphatic rings. The van der Waals surface area contributed by atoms with Gasteiger partial charge in [0.2, 0.25) is 0 Å². The molecule has 0 aliphatic heterocycles. The molecule has 86 valence electrons. The molecular formula is C12H15BrN2O. The topological polar surface area (TPSA) is 42.0 Å². The van der Waals surface area contributed by atoms with E-state index in [1.807, 2.05) is 0 Å². The summed E-state index contributed by atoms with van der Waals surface area (Å²) in [6.07, 6.45) is 4.01. The third-order valence-corrected chi connectivity index (χ3v) is 3.49. The highest BCUT2D eigenvalue weighted by atomic mass is 79.9. The molecule has 1 aromatic heterocycles. The zero-order valence-electron chi connectivity index (χ0n) is 9.46. The van der Waals surface area contributed by atoms with E-state index in [0.29, 0.717) is 11.5 Å². The predicted molar refractivity (Wildman–Crippen MR) is 66.2 cm³/mol. The van der Waals surface area contributed by atoms with Crippen LogP contribution in [-0.2, 0) is 0 Å². The van der Waals surface area contributed by atoms with Gasteiger partial charge < -0.3 is 5.32 Å². The van der Waals surface area contributed by atoms with E-state index in [1.165, 1.54) is 12.8 Å². The molecular weight excluding hydrogens is 268 g/mol. The van der Waals surface area contributed by atoms with Crippen molar-refractivity contribution in [2.45, 2.75) is 32.2 Å². The first kappa shape index (κ1) is 11.6. The Morgan fingerprint density at radius 3 is 2.69 bits per heavy atom. The van der Waals surface area contributed by atoms with Crippen LogP contribution in [0.25, 0.3) is 0 Å². The summed E-state index contributed by atoms with van der Waals surface area (Å²) < 4.78 is 0.741. The molecule has 0 atom stereocenters. The van der Waals surface area contributed by atoms with Gasteiger partial charge in [-0.25, -0.2) is 4.98 Å². The second-order valence-corrected chi connectivity index (χ2v) is 5.63. The Bertz CT molecular complexity index is 396. The van der Waals surface area contributed by atoms with Crippen LogP contribution in [0.5, 0.6) is 0 Å². The highest BCUT2D eigenvalue weighted by Gasteiger charge is 2.38. The van der Waals surface area contributed by atoms with Gasteiger partial charge in [0.15, 0.2) is 0 Å². The minimum atomic E-state index is -0.107. The fraction of sp³-hybridized carbons (Fsp3) is 0.500. The highest BCUT2D eigenvalue weighted by molar-refractivity contribution is 9.10. The highest BCUT2D eigenvalue weighted by Crippen LogP contribution is 2.39. The van der Waals surface area contributed by atoms with Crippen molar-refractivity contribution < 1.29 is 4.79 Å². The third kappa shape index (κ3) is 2.61. The summed E-state index contributed by atoms with van der Waals surface area (Å²) in [4.78, 5) is 16.0. The van der Waals surface area contributed by atoms with Crippen molar-refractivity contribution >= 4 is 21.8 Å². The maximum Gasteiger partial charge on any atom is 0.253 e. The number of halogens is 1. The van der Waals surface area contributed by atoms with E-state index in [9.17, 15) is 4.79 Å². The molecule has 16 heavy (non-hydrogen) atoms. The van der Waals surface area contributed by atoms with Crippen LogP contribution in [0, 0.1) is 5.92 Å². The van der Waals surface area contributed by atoms with Gasteiger partial charge in [0, 0.05) is 11.7 Å². The van der Waals surface area contributed by atoms with E-state index in [4.69, 9.17) is 0 Å². The molecule has 1 fully saturated rings. The van der Waals surface area contributed by atoms with Crippen LogP contribution >= 0.6 is 15.9 Å². The van der Waals surface area contributed by atoms with Gasteiger partial charge in [0.1, 0.15) is 4.60 Å². The standard InChI is InChI=1S/C12H15BrN2O/c1-12(2,9-4-5-9)15-11(16)8-3-6-10(13)14-7-8/h3,6-7,9H,4-5H2,1-2H3,(H,15,16). The molecule has 1 saturated carbocycles. The average Bonchev–Trinajstić information content (AvgIpc) is 3.01. The number of hydrogen-bond donors (Lipinski definition) is 1. The first-order chi connectivity index (χ1) is 7.49. The van der Waals surface area contributed by atoms with Gasteiger partial charge in [0.25, 0.3) is 5.91 Å². The lowest BCUT2D eigenvalue weighted by Gasteiger charge is -2.26. The van der Waals surface area contributed by atoms with Crippen molar-refractivity contribution in [2.75, 3.05) is 0 Å². The molecule has 1 heterocycles. The minimum Gasteiger partial charge on any atom is -0.347 e. The van der Waals surface area contributed by atoms with Gasteiger partial charge in [-0.2, -0.15) is 0 Å². The van der Waals surface area contributed by atoms with E-state index in [-0.39, 0.29) is 11.4 Å². The van der Waals surface area contributed by atoms with Crippen molar-refractivity contribution in [3.8, 4) is 0 Å². The van der Waals surface area contributed by atoms with Crippen molar-refractivity contribution in [3.05, 3.63) is 28.5 Å². The summed E-state index contributed by atoms with van der Waals surface area (Å²) in [6.45, 7) is 4.16. The van der Waals surface area contributed by atoms with Gasteiger partial charge >= 0.3 is 0 Å². The lowest BCUT2D eigenvalue weighted by molar-refractivity contribution is 0.0903. The van der Waals surface area contributed by atoms with Gasteiger partial charge in [0.05, 0.1) is 5.56 Å². The number of hydrogen-bond acceptors (Lipinski definition) is 2. The molecule has 2 rings (SSSR count). The summed E-state index contributed by atoms with van der Waals surface area (Å²) >= 11 is 3.25. The number of pyridine rings is 1. The second kappa shape index (κ2) is 4.17. The van der Waals surface area contributed by atoms with Crippen molar-refractivity contribution in [2.24, 2.45) is 5.92 Å². The number of carbonyl (C=O) groups is 1. The largest absolute Gasteiger partial charge is 0.347 e. The molecule has 1 amide bonds. The Morgan fingerprint density at radius 1 is 1.50 bits per heavy atom.